The molecule has 5 heteroatoms. The Bertz CT molecular complexity index is 845. The van der Waals surface area contributed by atoms with Crippen LogP contribution in [0.3, 0.4) is 0 Å². The fraction of sp³-hybridized carbons (Fsp3) is 0.235. The van der Waals surface area contributed by atoms with Crippen LogP contribution in [0.25, 0.3) is 10.2 Å². The van der Waals surface area contributed by atoms with Crippen molar-refractivity contribution in [2.75, 3.05) is 0 Å². The second-order valence-electron chi connectivity index (χ2n) is 4.96. The van der Waals surface area contributed by atoms with E-state index in [0.717, 1.165) is 33.2 Å². The topological polar surface area (TPSA) is 49.6 Å². The van der Waals surface area contributed by atoms with Crippen molar-refractivity contribution in [2.24, 2.45) is 0 Å². The lowest BCUT2D eigenvalue weighted by molar-refractivity contribution is 1.01. The SMILES string of the molecule is CCc1cc2c(SCc3ccc(C#N)cc3)nc(C)nc2s1. The summed E-state index contributed by atoms with van der Waals surface area (Å²) in [6, 6.07) is 12.1. The van der Waals surface area contributed by atoms with Gasteiger partial charge in [0.2, 0.25) is 0 Å². The lowest BCUT2D eigenvalue weighted by Gasteiger charge is -2.04. The fourth-order valence-corrected chi connectivity index (χ4v) is 4.24. The van der Waals surface area contributed by atoms with Gasteiger partial charge in [0.15, 0.2) is 0 Å². The van der Waals surface area contributed by atoms with Gasteiger partial charge in [0.05, 0.1) is 11.6 Å². The average molecular weight is 325 g/mol. The maximum Gasteiger partial charge on any atom is 0.128 e. The molecule has 110 valence electrons. The molecule has 0 spiro atoms. The van der Waals surface area contributed by atoms with Gasteiger partial charge in [-0.1, -0.05) is 19.1 Å². The largest absolute Gasteiger partial charge is 0.226 e. The maximum absolute atomic E-state index is 8.84. The molecule has 0 aliphatic heterocycles. The normalized spacial score (nSPS) is 10.8. The monoisotopic (exact) mass is 325 g/mol. The Morgan fingerprint density at radius 2 is 2.00 bits per heavy atom. The summed E-state index contributed by atoms with van der Waals surface area (Å²) in [5.74, 6) is 1.66. The van der Waals surface area contributed by atoms with Crippen LogP contribution in [0.4, 0.5) is 0 Å². The number of benzene rings is 1. The summed E-state index contributed by atoms with van der Waals surface area (Å²) in [6.45, 7) is 4.10. The molecule has 22 heavy (non-hydrogen) atoms. The van der Waals surface area contributed by atoms with E-state index in [-0.39, 0.29) is 0 Å². The van der Waals surface area contributed by atoms with E-state index in [1.54, 1.807) is 23.1 Å². The number of aromatic nitrogens is 2. The van der Waals surface area contributed by atoms with Crippen LogP contribution in [-0.2, 0) is 12.2 Å². The Kier molecular flexibility index (Phi) is 4.41. The van der Waals surface area contributed by atoms with Gasteiger partial charge in [-0.05, 0) is 37.1 Å². The lowest BCUT2D eigenvalue weighted by atomic mass is 10.2. The molecule has 3 nitrogen and oxygen atoms in total. The van der Waals surface area contributed by atoms with Crippen LogP contribution in [0.15, 0.2) is 35.4 Å². The number of thiophene rings is 1. The van der Waals surface area contributed by atoms with Gasteiger partial charge in [-0.15, -0.1) is 23.1 Å². The Hall–Kier alpha value is -1.90. The summed E-state index contributed by atoms with van der Waals surface area (Å²) in [5, 5.41) is 11.0. The van der Waals surface area contributed by atoms with E-state index < -0.39 is 0 Å². The van der Waals surface area contributed by atoms with Crippen LogP contribution >= 0.6 is 23.1 Å². The molecule has 2 aromatic heterocycles. The minimum Gasteiger partial charge on any atom is -0.226 e. The first-order valence-corrected chi connectivity index (χ1v) is 8.88. The zero-order valence-electron chi connectivity index (χ0n) is 12.5. The van der Waals surface area contributed by atoms with E-state index in [0.29, 0.717) is 5.56 Å². The molecule has 0 N–H and O–H groups in total. The molecule has 0 amide bonds. The van der Waals surface area contributed by atoms with Crippen molar-refractivity contribution in [3.05, 3.63) is 52.2 Å². The van der Waals surface area contributed by atoms with Gasteiger partial charge in [0.25, 0.3) is 0 Å². The van der Waals surface area contributed by atoms with Crippen molar-refractivity contribution >= 4 is 33.3 Å². The van der Waals surface area contributed by atoms with E-state index in [2.05, 4.69) is 29.0 Å². The van der Waals surface area contributed by atoms with E-state index in [1.165, 1.54) is 10.4 Å². The molecule has 0 saturated heterocycles. The van der Waals surface area contributed by atoms with Crippen molar-refractivity contribution in [2.45, 2.75) is 31.0 Å². The predicted molar refractivity (Wildman–Crippen MR) is 92.2 cm³/mol. The lowest BCUT2D eigenvalue weighted by Crippen LogP contribution is -1.90. The number of fused-ring (bicyclic) bond motifs is 1. The highest BCUT2D eigenvalue weighted by Crippen LogP contribution is 2.33. The van der Waals surface area contributed by atoms with Gasteiger partial charge in [0.1, 0.15) is 15.7 Å². The molecule has 0 unspecified atom stereocenters. The third kappa shape index (κ3) is 3.13. The molecular formula is C17H15N3S2. The molecule has 0 bridgehead atoms. The number of nitriles is 1. The molecule has 0 aliphatic carbocycles. The van der Waals surface area contributed by atoms with E-state index >= 15 is 0 Å². The van der Waals surface area contributed by atoms with Gasteiger partial charge in [-0.2, -0.15) is 5.26 Å². The molecule has 0 radical (unpaired) electrons. The first-order valence-electron chi connectivity index (χ1n) is 7.08. The summed E-state index contributed by atoms with van der Waals surface area (Å²) in [4.78, 5) is 11.6. The minimum absolute atomic E-state index is 0.694. The zero-order chi connectivity index (χ0) is 15.5. The molecule has 0 fully saturated rings. The van der Waals surface area contributed by atoms with E-state index in [4.69, 9.17) is 5.26 Å². The van der Waals surface area contributed by atoms with Crippen LogP contribution in [0.2, 0.25) is 0 Å². The van der Waals surface area contributed by atoms with Crippen LogP contribution in [0, 0.1) is 18.3 Å². The Morgan fingerprint density at radius 3 is 2.68 bits per heavy atom. The smallest absolute Gasteiger partial charge is 0.128 e. The zero-order valence-corrected chi connectivity index (χ0v) is 14.1. The Balaban J connectivity index is 1.86. The standard InChI is InChI=1S/C17H15N3S2/c1-3-14-8-15-16(19-11(2)20-17(15)22-14)21-10-13-6-4-12(9-18)5-7-13/h4-8H,3,10H2,1-2H3. The second-order valence-corrected chi connectivity index (χ2v) is 7.04. The summed E-state index contributed by atoms with van der Waals surface area (Å²) in [7, 11) is 0. The molecule has 1 aromatic carbocycles. The molecule has 0 saturated carbocycles. The highest BCUT2D eigenvalue weighted by molar-refractivity contribution is 7.98. The van der Waals surface area contributed by atoms with Gasteiger partial charge in [-0.25, -0.2) is 9.97 Å². The van der Waals surface area contributed by atoms with Gasteiger partial charge < -0.3 is 0 Å². The van der Waals surface area contributed by atoms with Crippen LogP contribution < -0.4 is 0 Å². The van der Waals surface area contributed by atoms with Gasteiger partial charge in [0, 0.05) is 16.0 Å². The molecular weight excluding hydrogens is 310 g/mol. The fourth-order valence-electron chi connectivity index (χ4n) is 2.16. The number of rotatable bonds is 4. The quantitative estimate of drug-likeness (QED) is 0.514. The van der Waals surface area contributed by atoms with Crippen LogP contribution in [0.5, 0.6) is 0 Å². The third-order valence-electron chi connectivity index (χ3n) is 3.33. The van der Waals surface area contributed by atoms with E-state index in [9.17, 15) is 0 Å². The number of aryl methyl sites for hydroxylation is 2. The summed E-state index contributed by atoms with van der Waals surface area (Å²) < 4.78 is 0. The highest BCUT2D eigenvalue weighted by atomic mass is 32.2. The molecule has 3 rings (SSSR count). The third-order valence-corrected chi connectivity index (χ3v) is 5.56. The first-order chi connectivity index (χ1) is 10.7. The van der Waals surface area contributed by atoms with Gasteiger partial charge >= 0.3 is 0 Å². The van der Waals surface area contributed by atoms with E-state index in [1.807, 2.05) is 31.2 Å². The Labute approximate surface area is 138 Å². The molecule has 2 heterocycles. The minimum atomic E-state index is 0.694. The second kappa shape index (κ2) is 6.47. The number of thioether (sulfide) groups is 1. The molecule has 3 aromatic rings. The molecule has 0 atom stereocenters. The summed E-state index contributed by atoms with van der Waals surface area (Å²) in [6.07, 6.45) is 1.03. The van der Waals surface area contributed by atoms with Crippen molar-refractivity contribution in [1.82, 2.24) is 9.97 Å². The van der Waals surface area contributed by atoms with Crippen molar-refractivity contribution < 1.29 is 0 Å². The summed E-state index contributed by atoms with van der Waals surface area (Å²) >= 11 is 3.48. The number of hydrogen-bond acceptors (Lipinski definition) is 5. The number of hydrogen-bond donors (Lipinski definition) is 0. The number of nitrogens with zero attached hydrogens (tertiary/aromatic N) is 3. The van der Waals surface area contributed by atoms with Gasteiger partial charge in [-0.3, -0.25) is 0 Å². The van der Waals surface area contributed by atoms with Crippen molar-refractivity contribution in [3.63, 3.8) is 0 Å². The molecule has 0 aliphatic rings. The predicted octanol–water partition coefficient (Wildman–Crippen LogP) is 4.73. The maximum atomic E-state index is 8.84. The summed E-state index contributed by atoms with van der Waals surface area (Å²) in [5.41, 5.74) is 1.89. The van der Waals surface area contributed by atoms with Crippen LogP contribution in [-0.4, -0.2) is 9.97 Å². The van der Waals surface area contributed by atoms with Crippen LogP contribution in [0.1, 0.15) is 28.8 Å². The van der Waals surface area contributed by atoms with Crippen molar-refractivity contribution in [1.29, 1.82) is 5.26 Å². The Morgan fingerprint density at radius 1 is 1.23 bits per heavy atom. The first kappa shape index (κ1) is 15.0. The van der Waals surface area contributed by atoms with Crippen molar-refractivity contribution in [3.8, 4) is 6.07 Å². The average Bonchev–Trinajstić information content (AvgIpc) is 2.96. The highest BCUT2D eigenvalue weighted by Gasteiger charge is 2.10.